The van der Waals surface area contributed by atoms with Crippen LogP contribution in [0.1, 0.15) is 63.3 Å². The topological polar surface area (TPSA) is 12.0 Å². The van der Waals surface area contributed by atoms with E-state index in [9.17, 15) is 0 Å². The molecule has 0 aromatic carbocycles. The second-order valence-corrected chi connectivity index (χ2v) is 8.22. The predicted molar refractivity (Wildman–Crippen MR) is 92.7 cm³/mol. The number of rotatable bonds is 5. The molecular weight excluding hydrogens is 274 g/mol. The summed E-state index contributed by atoms with van der Waals surface area (Å²) in [6, 6.07) is 5.14. The van der Waals surface area contributed by atoms with Crippen LogP contribution in [0.5, 0.6) is 0 Å². The molecule has 2 aliphatic rings. The molecule has 3 unspecified atom stereocenters. The minimum Gasteiger partial charge on any atom is -0.309 e. The van der Waals surface area contributed by atoms with Crippen LogP contribution >= 0.6 is 11.3 Å². The standard InChI is InChI=1S/C19H29NS/c1-14-10-15(2)12-16(11-14)13-20-19(17-6-3-4-7-17)18-8-5-9-21-18/h5,8-10,14,16-17,19-20H,3-4,6-7,11-13H2,1-2H3. The number of hydrogen-bond donors (Lipinski definition) is 1. The summed E-state index contributed by atoms with van der Waals surface area (Å²) in [5.74, 6) is 2.45. The van der Waals surface area contributed by atoms with Crippen molar-refractivity contribution in [2.24, 2.45) is 17.8 Å². The molecule has 1 aromatic heterocycles. The first kappa shape index (κ1) is 15.3. The second-order valence-electron chi connectivity index (χ2n) is 7.24. The SMILES string of the molecule is CC1=CC(C)CC(CNC(c2cccs2)C2CCCC2)C1. The first-order valence-corrected chi connectivity index (χ1v) is 9.54. The molecule has 0 bridgehead atoms. The van der Waals surface area contributed by atoms with Crippen molar-refractivity contribution < 1.29 is 0 Å². The van der Waals surface area contributed by atoms with E-state index in [4.69, 9.17) is 0 Å². The van der Waals surface area contributed by atoms with Crippen molar-refractivity contribution in [3.63, 3.8) is 0 Å². The maximum atomic E-state index is 3.96. The molecule has 1 nitrogen and oxygen atoms in total. The highest BCUT2D eigenvalue weighted by molar-refractivity contribution is 7.10. The number of allylic oxidation sites excluding steroid dienone is 2. The molecule has 1 saturated carbocycles. The molecule has 0 amide bonds. The van der Waals surface area contributed by atoms with Crippen molar-refractivity contribution in [1.29, 1.82) is 0 Å². The summed E-state index contributed by atoms with van der Waals surface area (Å²) in [5, 5.41) is 6.19. The van der Waals surface area contributed by atoms with Gasteiger partial charge in [0.15, 0.2) is 0 Å². The summed E-state index contributed by atoms with van der Waals surface area (Å²) >= 11 is 1.93. The predicted octanol–water partition coefficient (Wildman–Crippen LogP) is 5.56. The van der Waals surface area contributed by atoms with E-state index in [1.807, 2.05) is 11.3 Å². The van der Waals surface area contributed by atoms with Crippen molar-refractivity contribution >= 4 is 11.3 Å². The quantitative estimate of drug-likeness (QED) is 0.702. The lowest BCUT2D eigenvalue weighted by atomic mass is 9.83. The van der Waals surface area contributed by atoms with Gasteiger partial charge in [-0.2, -0.15) is 0 Å². The normalized spacial score (nSPS) is 28.6. The third kappa shape index (κ3) is 3.98. The Labute approximate surface area is 133 Å². The zero-order chi connectivity index (χ0) is 14.7. The smallest absolute Gasteiger partial charge is 0.0443 e. The molecule has 1 N–H and O–H groups in total. The largest absolute Gasteiger partial charge is 0.309 e. The molecule has 1 aromatic rings. The Hall–Kier alpha value is -0.600. The molecule has 2 heteroatoms. The highest BCUT2D eigenvalue weighted by Crippen LogP contribution is 2.38. The monoisotopic (exact) mass is 303 g/mol. The van der Waals surface area contributed by atoms with E-state index >= 15 is 0 Å². The van der Waals surface area contributed by atoms with Crippen LogP contribution in [-0.4, -0.2) is 6.54 Å². The summed E-state index contributed by atoms with van der Waals surface area (Å²) in [5.41, 5.74) is 1.59. The van der Waals surface area contributed by atoms with Gasteiger partial charge in [-0.1, -0.05) is 37.5 Å². The molecule has 1 heterocycles. The Bertz CT molecular complexity index is 456. The molecule has 0 spiro atoms. The highest BCUT2D eigenvalue weighted by atomic mass is 32.1. The van der Waals surface area contributed by atoms with Crippen molar-refractivity contribution in [3.05, 3.63) is 34.0 Å². The fraction of sp³-hybridized carbons (Fsp3) is 0.684. The number of nitrogens with one attached hydrogen (secondary N) is 1. The average molecular weight is 304 g/mol. The summed E-state index contributed by atoms with van der Waals surface area (Å²) in [6.07, 6.45) is 10.8. The van der Waals surface area contributed by atoms with E-state index in [0.717, 1.165) is 17.8 Å². The van der Waals surface area contributed by atoms with E-state index in [2.05, 4.69) is 42.8 Å². The van der Waals surface area contributed by atoms with E-state index in [0.29, 0.717) is 6.04 Å². The molecule has 0 radical (unpaired) electrons. The summed E-state index contributed by atoms with van der Waals surface area (Å²) in [7, 11) is 0. The van der Waals surface area contributed by atoms with Gasteiger partial charge in [-0.15, -0.1) is 11.3 Å². The maximum absolute atomic E-state index is 3.96. The molecule has 3 atom stereocenters. The molecule has 0 aliphatic heterocycles. The van der Waals surface area contributed by atoms with E-state index in [1.54, 1.807) is 10.5 Å². The Balaban J connectivity index is 1.61. The fourth-order valence-electron chi connectivity index (χ4n) is 4.39. The van der Waals surface area contributed by atoms with Gasteiger partial charge in [0.2, 0.25) is 0 Å². The van der Waals surface area contributed by atoms with Crippen molar-refractivity contribution in [1.82, 2.24) is 5.32 Å². The third-order valence-electron chi connectivity index (χ3n) is 5.23. The Morgan fingerprint density at radius 2 is 2.14 bits per heavy atom. The van der Waals surface area contributed by atoms with Crippen LogP contribution in [0.2, 0.25) is 0 Å². The van der Waals surface area contributed by atoms with Gasteiger partial charge in [0.05, 0.1) is 0 Å². The van der Waals surface area contributed by atoms with Crippen LogP contribution in [0.3, 0.4) is 0 Å². The van der Waals surface area contributed by atoms with Crippen molar-refractivity contribution in [2.45, 2.75) is 58.4 Å². The second kappa shape index (κ2) is 7.11. The van der Waals surface area contributed by atoms with Crippen molar-refractivity contribution in [2.75, 3.05) is 6.54 Å². The van der Waals surface area contributed by atoms with Gasteiger partial charge in [-0.05, 0) is 68.4 Å². The van der Waals surface area contributed by atoms with Gasteiger partial charge in [0, 0.05) is 10.9 Å². The Morgan fingerprint density at radius 1 is 1.33 bits per heavy atom. The zero-order valence-electron chi connectivity index (χ0n) is 13.5. The van der Waals surface area contributed by atoms with E-state index in [-0.39, 0.29) is 0 Å². The molecule has 0 saturated heterocycles. The van der Waals surface area contributed by atoms with Gasteiger partial charge < -0.3 is 5.32 Å². The summed E-state index contributed by atoms with van der Waals surface area (Å²) in [6.45, 7) is 5.86. The lowest BCUT2D eigenvalue weighted by Gasteiger charge is -2.30. The first-order valence-electron chi connectivity index (χ1n) is 8.66. The van der Waals surface area contributed by atoms with Crippen LogP contribution < -0.4 is 5.32 Å². The molecule has 2 aliphatic carbocycles. The summed E-state index contributed by atoms with van der Waals surface area (Å²) in [4.78, 5) is 1.55. The van der Waals surface area contributed by atoms with Gasteiger partial charge in [0.25, 0.3) is 0 Å². The average Bonchev–Trinajstić information content (AvgIpc) is 3.10. The van der Waals surface area contributed by atoms with Crippen LogP contribution in [0.15, 0.2) is 29.2 Å². The fourth-order valence-corrected chi connectivity index (χ4v) is 5.29. The lowest BCUT2D eigenvalue weighted by Crippen LogP contribution is -2.32. The van der Waals surface area contributed by atoms with Crippen LogP contribution in [-0.2, 0) is 0 Å². The summed E-state index contributed by atoms with van der Waals surface area (Å²) < 4.78 is 0. The van der Waals surface area contributed by atoms with Gasteiger partial charge in [-0.25, -0.2) is 0 Å². The Kier molecular flexibility index (Phi) is 5.18. The minimum atomic E-state index is 0.606. The highest BCUT2D eigenvalue weighted by Gasteiger charge is 2.28. The van der Waals surface area contributed by atoms with Gasteiger partial charge >= 0.3 is 0 Å². The van der Waals surface area contributed by atoms with Gasteiger partial charge in [-0.3, -0.25) is 0 Å². The first-order chi connectivity index (χ1) is 10.2. The van der Waals surface area contributed by atoms with Crippen LogP contribution in [0.25, 0.3) is 0 Å². The maximum Gasteiger partial charge on any atom is 0.0443 e. The molecule has 116 valence electrons. The zero-order valence-corrected chi connectivity index (χ0v) is 14.3. The minimum absolute atomic E-state index is 0.606. The van der Waals surface area contributed by atoms with E-state index in [1.165, 1.54) is 45.1 Å². The molecule has 3 rings (SSSR count). The lowest BCUT2D eigenvalue weighted by molar-refractivity contribution is 0.315. The van der Waals surface area contributed by atoms with Crippen LogP contribution in [0, 0.1) is 17.8 Å². The van der Waals surface area contributed by atoms with Gasteiger partial charge in [0.1, 0.15) is 0 Å². The molecule has 21 heavy (non-hydrogen) atoms. The molecule has 1 fully saturated rings. The number of hydrogen-bond acceptors (Lipinski definition) is 2. The number of thiophene rings is 1. The third-order valence-corrected chi connectivity index (χ3v) is 6.19. The van der Waals surface area contributed by atoms with Crippen molar-refractivity contribution in [3.8, 4) is 0 Å². The Morgan fingerprint density at radius 3 is 2.81 bits per heavy atom. The molecular formula is C19H29NS. The van der Waals surface area contributed by atoms with Crippen LogP contribution in [0.4, 0.5) is 0 Å². The van der Waals surface area contributed by atoms with E-state index < -0.39 is 0 Å².